The maximum absolute atomic E-state index is 11.3. The molecule has 0 bridgehead atoms. The van der Waals surface area contributed by atoms with Gasteiger partial charge in [0.25, 0.3) is 0 Å². The van der Waals surface area contributed by atoms with Crippen molar-refractivity contribution in [2.45, 2.75) is 20.3 Å². The molecule has 0 aromatic heterocycles. The standard InChI is InChI=1S/C10H16N2O4/c1-10(2,4-5-16-3)6-12-8(14)7(13)11-9(12)15/h4-6H2,1-3H3,(H,11,13,15). The number of nitrogens with one attached hydrogen (secondary N) is 1. The number of carbonyl (C=O) groups is 3. The number of hydrogen-bond donors (Lipinski definition) is 1. The van der Waals surface area contributed by atoms with Crippen molar-refractivity contribution in [3.63, 3.8) is 0 Å². The van der Waals surface area contributed by atoms with Crippen LogP contribution in [0.3, 0.4) is 0 Å². The molecule has 1 saturated heterocycles. The first kappa shape index (κ1) is 12.6. The zero-order chi connectivity index (χ0) is 12.3. The van der Waals surface area contributed by atoms with Gasteiger partial charge in [-0.1, -0.05) is 13.8 Å². The summed E-state index contributed by atoms with van der Waals surface area (Å²) < 4.78 is 4.95. The highest BCUT2D eigenvalue weighted by atomic mass is 16.5. The van der Waals surface area contributed by atoms with Crippen LogP contribution in [0.2, 0.25) is 0 Å². The number of amides is 4. The quantitative estimate of drug-likeness (QED) is 0.536. The van der Waals surface area contributed by atoms with Crippen LogP contribution in [-0.2, 0) is 14.3 Å². The molecule has 90 valence electrons. The zero-order valence-corrected chi connectivity index (χ0v) is 9.70. The summed E-state index contributed by atoms with van der Waals surface area (Å²) in [6.45, 7) is 4.59. The van der Waals surface area contributed by atoms with Crippen molar-refractivity contribution < 1.29 is 19.1 Å². The Morgan fingerprint density at radius 2 is 1.94 bits per heavy atom. The van der Waals surface area contributed by atoms with Crippen LogP contribution >= 0.6 is 0 Å². The van der Waals surface area contributed by atoms with E-state index in [-0.39, 0.29) is 12.0 Å². The minimum Gasteiger partial charge on any atom is -0.385 e. The van der Waals surface area contributed by atoms with Gasteiger partial charge < -0.3 is 4.74 Å². The Bertz CT molecular complexity index is 325. The second-order valence-corrected chi connectivity index (χ2v) is 4.56. The fourth-order valence-corrected chi connectivity index (χ4v) is 1.46. The lowest BCUT2D eigenvalue weighted by atomic mass is 9.89. The van der Waals surface area contributed by atoms with E-state index in [1.165, 1.54) is 0 Å². The van der Waals surface area contributed by atoms with Crippen molar-refractivity contribution in [3.05, 3.63) is 0 Å². The fourth-order valence-electron chi connectivity index (χ4n) is 1.46. The van der Waals surface area contributed by atoms with Gasteiger partial charge in [0.2, 0.25) is 0 Å². The molecule has 0 aromatic rings. The van der Waals surface area contributed by atoms with E-state index in [1.807, 2.05) is 19.2 Å². The first-order chi connectivity index (χ1) is 7.37. The Morgan fingerprint density at radius 3 is 2.38 bits per heavy atom. The summed E-state index contributed by atoms with van der Waals surface area (Å²) in [6, 6.07) is -0.638. The van der Waals surface area contributed by atoms with E-state index in [4.69, 9.17) is 4.74 Å². The average Bonchev–Trinajstić information content (AvgIpc) is 2.42. The van der Waals surface area contributed by atoms with Crippen molar-refractivity contribution in [1.82, 2.24) is 10.2 Å². The highest BCUT2D eigenvalue weighted by Crippen LogP contribution is 2.23. The van der Waals surface area contributed by atoms with Crippen molar-refractivity contribution in [2.24, 2.45) is 5.41 Å². The summed E-state index contributed by atoms with van der Waals surface area (Å²) in [5, 5.41) is 1.96. The molecule has 0 spiro atoms. The number of urea groups is 1. The maximum atomic E-state index is 11.3. The normalized spacial score (nSPS) is 16.9. The van der Waals surface area contributed by atoms with Crippen LogP contribution < -0.4 is 5.32 Å². The van der Waals surface area contributed by atoms with Crippen LogP contribution in [-0.4, -0.2) is 43.0 Å². The number of ether oxygens (including phenoxy) is 1. The van der Waals surface area contributed by atoms with Crippen molar-refractivity contribution in [1.29, 1.82) is 0 Å². The van der Waals surface area contributed by atoms with E-state index in [2.05, 4.69) is 0 Å². The second kappa shape index (κ2) is 4.61. The number of hydrogen-bond acceptors (Lipinski definition) is 4. The Balaban J connectivity index is 2.62. The third-order valence-electron chi connectivity index (χ3n) is 2.47. The van der Waals surface area contributed by atoms with Gasteiger partial charge in [0.15, 0.2) is 0 Å². The minimum absolute atomic E-state index is 0.215. The summed E-state index contributed by atoms with van der Waals surface area (Å²) in [7, 11) is 1.59. The molecule has 0 aromatic carbocycles. The third kappa shape index (κ3) is 2.79. The number of imide groups is 2. The lowest BCUT2D eigenvalue weighted by Crippen LogP contribution is -2.39. The second-order valence-electron chi connectivity index (χ2n) is 4.56. The molecule has 1 aliphatic rings. The van der Waals surface area contributed by atoms with Crippen LogP contribution in [0.1, 0.15) is 20.3 Å². The maximum Gasteiger partial charge on any atom is 0.331 e. The fraction of sp³-hybridized carbons (Fsp3) is 0.700. The van der Waals surface area contributed by atoms with E-state index in [0.29, 0.717) is 13.0 Å². The molecule has 1 heterocycles. The van der Waals surface area contributed by atoms with E-state index < -0.39 is 17.8 Å². The van der Waals surface area contributed by atoms with Crippen LogP contribution in [0.15, 0.2) is 0 Å². The minimum atomic E-state index is -0.854. The molecule has 6 nitrogen and oxygen atoms in total. The van der Waals surface area contributed by atoms with Gasteiger partial charge in [-0.25, -0.2) is 4.79 Å². The summed E-state index contributed by atoms with van der Waals surface area (Å²) in [4.78, 5) is 34.5. The SMILES string of the molecule is COCCC(C)(C)CN1C(=O)NC(=O)C1=O. The van der Waals surface area contributed by atoms with E-state index in [1.54, 1.807) is 7.11 Å². The molecular formula is C10H16N2O4. The monoisotopic (exact) mass is 228 g/mol. The highest BCUT2D eigenvalue weighted by Gasteiger charge is 2.39. The number of nitrogens with zero attached hydrogens (tertiary/aromatic N) is 1. The van der Waals surface area contributed by atoms with Crippen LogP contribution in [0, 0.1) is 5.41 Å². The van der Waals surface area contributed by atoms with Gasteiger partial charge in [-0.2, -0.15) is 0 Å². The van der Waals surface area contributed by atoms with Crippen LogP contribution in [0.4, 0.5) is 4.79 Å². The van der Waals surface area contributed by atoms with Gasteiger partial charge >= 0.3 is 17.8 Å². The van der Waals surface area contributed by atoms with Gasteiger partial charge in [0.05, 0.1) is 0 Å². The topological polar surface area (TPSA) is 75.7 Å². The van der Waals surface area contributed by atoms with Gasteiger partial charge in [-0.3, -0.25) is 19.8 Å². The lowest BCUT2D eigenvalue weighted by molar-refractivity contribution is -0.140. The first-order valence-electron chi connectivity index (χ1n) is 5.03. The summed E-state index contributed by atoms with van der Waals surface area (Å²) >= 11 is 0. The average molecular weight is 228 g/mol. The Labute approximate surface area is 93.9 Å². The van der Waals surface area contributed by atoms with Crippen molar-refractivity contribution in [2.75, 3.05) is 20.3 Å². The highest BCUT2D eigenvalue weighted by molar-refractivity contribution is 6.44. The molecule has 1 fully saturated rings. The van der Waals surface area contributed by atoms with Crippen molar-refractivity contribution >= 4 is 17.8 Å². The van der Waals surface area contributed by atoms with Crippen LogP contribution in [0.5, 0.6) is 0 Å². The molecular weight excluding hydrogens is 212 g/mol. The zero-order valence-electron chi connectivity index (χ0n) is 9.70. The molecule has 0 unspecified atom stereocenters. The molecule has 0 saturated carbocycles. The predicted molar refractivity (Wildman–Crippen MR) is 55.5 cm³/mol. The van der Waals surface area contributed by atoms with Crippen molar-refractivity contribution in [3.8, 4) is 0 Å². The summed E-state index contributed by atoms with van der Waals surface area (Å²) in [6.07, 6.45) is 0.703. The number of methoxy groups -OCH3 is 1. The van der Waals surface area contributed by atoms with Gasteiger partial charge in [-0.15, -0.1) is 0 Å². The lowest BCUT2D eigenvalue weighted by Gasteiger charge is -2.27. The van der Waals surface area contributed by atoms with E-state index in [9.17, 15) is 14.4 Å². The van der Waals surface area contributed by atoms with Crippen LogP contribution in [0.25, 0.3) is 0 Å². The van der Waals surface area contributed by atoms with Gasteiger partial charge in [0, 0.05) is 20.3 Å². The summed E-state index contributed by atoms with van der Waals surface area (Å²) in [5.74, 6) is -1.64. The molecule has 1 rings (SSSR count). The molecule has 1 aliphatic heterocycles. The molecule has 6 heteroatoms. The third-order valence-corrected chi connectivity index (χ3v) is 2.47. The van der Waals surface area contributed by atoms with E-state index >= 15 is 0 Å². The Hall–Kier alpha value is -1.43. The number of carbonyl (C=O) groups excluding carboxylic acids is 3. The molecule has 4 amide bonds. The summed E-state index contributed by atoms with van der Waals surface area (Å²) in [5.41, 5.74) is -0.270. The molecule has 1 N–H and O–H groups in total. The molecule has 0 radical (unpaired) electrons. The van der Waals surface area contributed by atoms with E-state index in [0.717, 1.165) is 4.90 Å². The number of rotatable bonds is 5. The smallest absolute Gasteiger partial charge is 0.331 e. The molecule has 0 atom stereocenters. The molecule has 16 heavy (non-hydrogen) atoms. The Kier molecular flexibility index (Phi) is 3.64. The first-order valence-corrected chi connectivity index (χ1v) is 5.03. The largest absolute Gasteiger partial charge is 0.385 e. The molecule has 0 aliphatic carbocycles. The Morgan fingerprint density at radius 1 is 1.31 bits per heavy atom. The predicted octanol–water partition coefficient (Wildman–Crippen LogP) is 0.128. The van der Waals surface area contributed by atoms with Gasteiger partial charge in [0.1, 0.15) is 0 Å². The van der Waals surface area contributed by atoms with Gasteiger partial charge in [-0.05, 0) is 11.8 Å².